The number of unbranched alkanes of at least 4 members (excludes halogenated alkanes) is 37. The van der Waals surface area contributed by atoms with Crippen molar-refractivity contribution in [1.82, 2.24) is 0 Å². The van der Waals surface area contributed by atoms with Crippen LogP contribution < -0.4 is 0 Å². The number of aliphatic hydroxyl groups excluding tert-OH is 1. The molecule has 0 aliphatic carbocycles. The quantitative estimate of drug-likeness (QED) is 0.0373. The normalized spacial score (nSPS) is 12.7. The van der Waals surface area contributed by atoms with E-state index in [2.05, 4.69) is 86.8 Å². The Hall–Kier alpha value is -2.66. The van der Waals surface area contributed by atoms with Gasteiger partial charge in [0.05, 0.1) is 6.61 Å². The molecule has 0 aromatic heterocycles. The lowest BCUT2D eigenvalue weighted by Crippen LogP contribution is -2.28. The number of carbonyl (C=O) groups is 2. The lowest BCUT2D eigenvalue weighted by Gasteiger charge is -2.15. The van der Waals surface area contributed by atoms with Crippen LogP contribution in [-0.4, -0.2) is 36.4 Å². The van der Waals surface area contributed by atoms with Gasteiger partial charge in [0.2, 0.25) is 0 Å². The maximum absolute atomic E-state index is 12.3. The first-order valence-corrected chi connectivity index (χ1v) is 31.0. The summed E-state index contributed by atoms with van der Waals surface area (Å²) in [4.78, 5) is 24.5. The highest BCUT2D eigenvalue weighted by molar-refractivity contribution is 5.70. The van der Waals surface area contributed by atoms with Gasteiger partial charge in [-0.2, -0.15) is 0 Å². The average Bonchev–Trinajstić information content (AvgIpc) is 3.37. The molecule has 5 heteroatoms. The molecule has 0 radical (unpaired) electrons. The van der Waals surface area contributed by atoms with Crippen molar-refractivity contribution in [2.75, 3.05) is 13.2 Å². The van der Waals surface area contributed by atoms with Crippen LogP contribution in [0.25, 0.3) is 0 Å². The first-order valence-electron chi connectivity index (χ1n) is 31.0. The van der Waals surface area contributed by atoms with E-state index in [-0.39, 0.29) is 25.2 Å². The molecule has 0 aliphatic heterocycles. The molecular weight excluding hydrogens is 873 g/mol. The monoisotopic (exact) mass is 991 g/mol. The number of esters is 2. The zero-order chi connectivity index (χ0) is 51.3. The molecular formula is C66H118O5. The lowest BCUT2D eigenvalue weighted by molar-refractivity contribution is -0.161. The molecule has 0 amide bonds. The van der Waals surface area contributed by atoms with E-state index in [1.54, 1.807) is 0 Å². The second-order valence-corrected chi connectivity index (χ2v) is 20.8. The number of hydrogen-bond donors (Lipinski definition) is 1. The Labute approximate surface area is 442 Å². The molecule has 71 heavy (non-hydrogen) atoms. The van der Waals surface area contributed by atoms with Crippen LogP contribution in [0.3, 0.4) is 0 Å². The third kappa shape index (κ3) is 59.8. The maximum atomic E-state index is 12.3. The predicted octanol–water partition coefficient (Wildman–Crippen LogP) is 21.1. The van der Waals surface area contributed by atoms with Gasteiger partial charge in [0, 0.05) is 12.8 Å². The van der Waals surface area contributed by atoms with E-state index in [1.165, 1.54) is 218 Å². The second-order valence-electron chi connectivity index (χ2n) is 20.8. The molecule has 0 aromatic rings. The largest absolute Gasteiger partial charge is 0.462 e. The highest BCUT2D eigenvalue weighted by atomic mass is 16.6. The number of hydrogen-bond acceptors (Lipinski definition) is 5. The first kappa shape index (κ1) is 68.3. The van der Waals surface area contributed by atoms with E-state index in [0.29, 0.717) is 12.8 Å². The molecule has 0 bridgehead atoms. The van der Waals surface area contributed by atoms with E-state index < -0.39 is 6.10 Å². The zero-order valence-corrected chi connectivity index (χ0v) is 47.2. The number of ether oxygens (including phenoxy) is 2. The van der Waals surface area contributed by atoms with Gasteiger partial charge in [0.1, 0.15) is 6.61 Å². The third-order valence-corrected chi connectivity index (χ3v) is 13.7. The van der Waals surface area contributed by atoms with Crippen molar-refractivity contribution in [2.45, 2.75) is 322 Å². The summed E-state index contributed by atoms with van der Waals surface area (Å²) in [5, 5.41) is 9.66. The number of allylic oxidation sites excluding steroid dienone is 12. The fraction of sp³-hybridized carbons (Fsp3) is 0.788. The van der Waals surface area contributed by atoms with Gasteiger partial charge in [0.25, 0.3) is 0 Å². The minimum atomic E-state index is -0.773. The minimum Gasteiger partial charge on any atom is -0.462 e. The summed E-state index contributed by atoms with van der Waals surface area (Å²) in [6.07, 6.45) is 84.8. The minimum absolute atomic E-state index is 0.0651. The summed E-state index contributed by atoms with van der Waals surface area (Å²) in [6.45, 7) is 4.05. The summed E-state index contributed by atoms with van der Waals surface area (Å²) in [7, 11) is 0. The first-order chi connectivity index (χ1) is 35.1. The highest BCUT2D eigenvalue weighted by Crippen LogP contribution is 2.17. The van der Waals surface area contributed by atoms with Crippen molar-refractivity contribution in [3.63, 3.8) is 0 Å². The molecule has 412 valence electrons. The van der Waals surface area contributed by atoms with Crippen molar-refractivity contribution in [3.05, 3.63) is 72.9 Å². The fourth-order valence-corrected chi connectivity index (χ4v) is 9.11. The van der Waals surface area contributed by atoms with Crippen LogP contribution in [0.2, 0.25) is 0 Å². The van der Waals surface area contributed by atoms with Crippen LogP contribution in [0.5, 0.6) is 0 Å². The van der Waals surface area contributed by atoms with E-state index in [1.807, 2.05) is 0 Å². The van der Waals surface area contributed by atoms with Gasteiger partial charge < -0.3 is 14.6 Å². The molecule has 1 unspecified atom stereocenters. The Morgan fingerprint density at radius 2 is 0.606 bits per heavy atom. The van der Waals surface area contributed by atoms with Crippen LogP contribution in [0.15, 0.2) is 72.9 Å². The Balaban J connectivity index is 3.41. The number of carbonyl (C=O) groups excluding carboxylic acids is 2. The van der Waals surface area contributed by atoms with Crippen LogP contribution in [-0.2, 0) is 19.1 Å². The lowest BCUT2D eigenvalue weighted by atomic mass is 10.0. The summed E-state index contributed by atoms with van der Waals surface area (Å²) >= 11 is 0. The van der Waals surface area contributed by atoms with Gasteiger partial charge in [-0.3, -0.25) is 9.59 Å². The molecule has 0 heterocycles. The summed E-state index contributed by atoms with van der Waals surface area (Å²) < 4.78 is 10.7. The van der Waals surface area contributed by atoms with Crippen molar-refractivity contribution in [3.8, 4) is 0 Å². The summed E-state index contributed by atoms with van der Waals surface area (Å²) in [5.41, 5.74) is 0. The Morgan fingerprint density at radius 1 is 0.338 bits per heavy atom. The van der Waals surface area contributed by atoms with Gasteiger partial charge in [-0.05, 0) is 83.5 Å². The van der Waals surface area contributed by atoms with Crippen molar-refractivity contribution >= 4 is 11.9 Å². The molecule has 0 fully saturated rings. The van der Waals surface area contributed by atoms with Gasteiger partial charge in [0.15, 0.2) is 6.10 Å². The van der Waals surface area contributed by atoms with Gasteiger partial charge >= 0.3 is 11.9 Å². The standard InChI is InChI=1S/C66H118O5/c1-3-5-7-9-11-13-15-17-19-21-23-24-25-26-27-28-29-30-31-32-33-34-35-36-37-38-39-40-41-42-43-45-47-49-51-53-55-57-59-61-66(69)71-64(62-67)63-70-65(68)60-58-56-54-52-50-48-46-44-22-20-18-16-14-12-10-8-6-4-2/h5,7,11,13,17,19-20,22-24,26-27,64,67H,3-4,6,8-10,12,14-16,18,21,25,28-63H2,1-2H3/b7-5-,13-11-,19-17-,22-20-,24-23-,27-26-. The van der Waals surface area contributed by atoms with Gasteiger partial charge in [-0.15, -0.1) is 0 Å². The molecule has 0 saturated heterocycles. The molecule has 0 aliphatic rings. The van der Waals surface area contributed by atoms with Crippen LogP contribution in [0, 0.1) is 0 Å². The van der Waals surface area contributed by atoms with Gasteiger partial charge in [-0.1, -0.05) is 292 Å². The number of aliphatic hydroxyl groups is 1. The molecule has 1 N–H and O–H groups in total. The van der Waals surface area contributed by atoms with Crippen LogP contribution >= 0.6 is 0 Å². The molecule has 0 aromatic carbocycles. The summed E-state index contributed by atoms with van der Waals surface area (Å²) in [6, 6.07) is 0. The van der Waals surface area contributed by atoms with E-state index >= 15 is 0 Å². The molecule has 0 spiro atoms. The summed E-state index contributed by atoms with van der Waals surface area (Å²) in [5.74, 6) is -0.581. The average molecular weight is 992 g/mol. The molecule has 0 saturated carbocycles. The SMILES string of the molecule is CC/C=C\C/C=C\C/C=C\C/C=C\C/C=C\CCCCCCCCCCCCCCCCCCCCCCCCCC(=O)OC(CO)COC(=O)CCCCCCCCC/C=C\CCCCCCCCC. The highest BCUT2D eigenvalue weighted by Gasteiger charge is 2.16. The molecule has 5 nitrogen and oxygen atoms in total. The molecule has 0 rings (SSSR count). The van der Waals surface area contributed by atoms with E-state index in [0.717, 1.165) is 70.6 Å². The Morgan fingerprint density at radius 3 is 0.930 bits per heavy atom. The fourth-order valence-electron chi connectivity index (χ4n) is 9.11. The Bertz CT molecular complexity index is 1260. The van der Waals surface area contributed by atoms with Gasteiger partial charge in [-0.25, -0.2) is 0 Å². The van der Waals surface area contributed by atoms with Crippen molar-refractivity contribution < 1.29 is 24.2 Å². The van der Waals surface area contributed by atoms with Crippen LogP contribution in [0.1, 0.15) is 316 Å². The van der Waals surface area contributed by atoms with E-state index in [9.17, 15) is 14.7 Å². The topological polar surface area (TPSA) is 72.8 Å². The third-order valence-electron chi connectivity index (χ3n) is 13.7. The number of rotatable bonds is 57. The maximum Gasteiger partial charge on any atom is 0.306 e. The second kappa shape index (κ2) is 61.6. The van der Waals surface area contributed by atoms with Crippen molar-refractivity contribution in [1.29, 1.82) is 0 Å². The zero-order valence-electron chi connectivity index (χ0n) is 47.2. The molecule has 1 atom stereocenters. The Kier molecular flexibility index (Phi) is 59.3. The predicted molar refractivity (Wildman–Crippen MR) is 311 cm³/mol. The van der Waals surface area contributed by atoms with E-state index in [4.69, 9.17) is 9.47 Å². The van der Waals surface area contributed by atoms with Crippen LogP contribution in [0.4, 0.5) is 0 Å². The van der Waals surface area contributed by atoms with Crippen molar-refractivity contribution in [2.24, 2.45) is 0 Å². The smallest absolute Gasteiger partial charge is 0.306 e.